The van der Waals surface area contributed by atoms with Crippen LogP contribution in [0.4, 0.5) is 0 Å². The van der Waals surface area contributed by atoms with Crippen molar-refractivity contribution in [1.29, 1.82) is 0 Å². The third kappa shape index (κ3) is 4.93. The van der Waals surface area contributed by atoms with E-state index in [1.165, 1.54) is 12.1 Å². The number of nitrogens with one attached hydrogen (secondary N) is 1. The fourth-order valence-electron chi connectivity index (χ4n) is 3.46. The third-order valence-electron chi connectivity index (χ3n) is 5.05. The lowest BCUT2D eigenvalue weighted by molar-refractivity contribution is 0.0954. The molecule has 150 valence electrons. The first-order valence-electron chi connectivity index (χ1n) is 9.52. The molecule has 28 heavy (non-hydrogen) atoms. The molecule has 1 aliphatic heterocycles. The lowest BCUT2D eigenvalue weighted by atomic mass is 10.1. The van der Waals surface area contributed by atoms with Gasteiger partial charge in [0.15, 0.2) is 0 Å². The third-order valence-corrected chi connectivity index (χ3v) is 7.32. The normalized spacial score (nSPS) is 18.0. The molecule has 5 nitrogen and oxygen atoms in total. The number of nitrogens with zero attached hydrogens (tertiary/aromatic N) is 1. The summed E-state index contributed by atoms with van der Waals surface area (Å²) in [6, 6.07) is 13.7. The van der Waals surface area contributed by atoms with Crippen molar-refractivity contribution in [3.05, 3.63) is 64.7 Å². The van der Waals surface area contributed by atoms with E-state index in [-0.39, 0.29) is 16.8 Å². The van der Waals surface area contributed by atoms with E-state index >= 15 is 0 Å². The summed E-state index contributed by atoms with van der Waals surface area (Å²) in [6.07, 6.45) is 3.50. The molecule has 0 saturated carbocycles. The minimum absolute atomic E-state index is 0.00761. The molecule has 0 radical (unpaired) electrons. The van der Waals surface area contributed by atoms with Gasteiger partial charge in [-0.25, -0.2) is 8.42 Å². The van der Waals surface area contributed by atoms with Crippen LogP contribution in [0.2, 0.25) is 5.02 Å². The molecule has 1 aliphatic rings. The first-order chi connectivity index (χ1) is 13.4. The van der Waals surface area contributed by atoms with Crippen LogP contribution in [0.1, 0.15) is 42.1 Å². The summed E-state index contributed by atoms with van der Waals surface area (Å²) in [4.78, 5) is 12.6. The molecule has 1 saturated heterocycles. The van der Waals surface area contributed by atoms with Gasteiger partial charge in [-0.05, 0) is 68.1 Å². The van der Waals surface area contributed by atoms with Gasteiger partial charge < -0.3 is 5.32 Å². The van der Waals surface area contributed by atoms with Crippen LogP contribution in [0.3, 0.4) is 0 Å². The first-order valence-corrected chi connectivity index (χ1v) is 11.3. The summed E-state index contributed by atoms with van der Waals surface area (Å²) in [7, 11) is -3.52. The van der Waals surface area contributed by atoms with E-state index in [1.807, 2.05) is 31.2 Å². The van der Waals surface area contributed by atoms with Gasteiger partial charge in [-0.1, -0.05) is 30.2 Å². The summed E-state index contributed by atoms with van der Waals surface area (Å²) in [5, 5.41) is 3.52. The molecule has 3 rings (SSSR count). The molecule has 7 heteroatoms. The fourth-order valence-corrected chi connectivity index (χ4v) is 5.37. The van der Waals surface area contributed by atoms with E-state index < -0.39 is 10.0 Å². The van der Waals surface area contributed by atoms with Crippen molar-refractivity contribution in [1.82, 2.24) is 9.62 Å². The molecule has 0 aromatic heterocycles. The highest BCUT2D eigenvalue weighted by Crippen LogP contribution is 2.25. The van der Waals surface area contributed by atoms with E-state index in [2.05, 4.69) is 5.32 Å². The summed E-state index contributed by atoms with van der Waals surface area (Å²) in [6.45, 7) is 2.97. The van der Waals surface area contributed by atoms with Gasteiger partial charge in [0.2, 0.25) is 10.0 Å². The van der Waals surface area contributed by atoms with Crippen LogP contribution in [0.25, 0.3) is 0 Å². The van der Waals surface area contributed by atoms with Crippen molar-refractivity contribution in [2.75, 3.05) is 13.1 Å². The van der Waals surface area contributed by atoms with E-state index in [0.717, 1.165) is 24.8 Å². The average molecular weight is 421 g/mol. The monoisotopic (exact) mass is 420 g/mol. The first kappa shape index (κ1) is 20.8. The van der Waals surface area contributed by atoms with E-state index in [4.69, 9.17) is 11.6 Å². The SMILES string of the molecule is CC1CCCCN1S(=O)(=O)c1ccc(C(=O)NCCc2cccc(Cl)c2)cc1. The van der Waals surface area contributed by atoms with Gasteiger partial charge in [-0.15, -0.1) is 0 Å². The van der Waals surface area contributed by atoms with Gasteiger partial charge in [0.05, 0.1) is 4.90 Å². The van der Waals surface area contributed by atoms with Crippen LogP contribution in [-0.2, 0) is 16.4 Å². The average Bonchev–Trinajstić information content (AvgIpc) is 2.68. The molecule has 2 aromatic carbocycles. The summed E-state index contributed by atoms with van der Waals surface area (Å²) in [5.41, 5.74) is 1.49. The topological polar surface area (TPSA) is 66.5 Å². The zero-order chi connectivity index (χ0) is 20.1. The van der Waals surface area contributed by atoms with Crippen LogP contribution in [-0.4, -0.2) is 37.8 Å². The maximum absolute atomic E-state index is 12.8. The van der Waals surface area contributed by atoms with E-state index in [9.17, 15) is 13.2 Å². The van der Waals surface area contributed by atoms with Crippen molar-refractivity contribution < 1.29 is 13.2 Å². The predicted molar refractivity (Wildman–Crippen MR) is 111 cm³/mol. The number of benzene rings is 2. The van der Waals surface area contributed by atoms with Gasteiger partial charge in [0.1, 0.15) is 0 Å². The second-order valence-electron chi connectivity index (χ2n) is 7.12. The molecule has 1 N–H and O–H groups in total. The Morgan fingerprint density at radius 1 is 1.18 bits per heavy atom. The quantitative estimate of drug-likeness (QED) is 0.771. The Hall–Kier alpha value is -1.89. The maximum atomic E-state index is 12.8. The zero-order valence-corrected chi connectivity index (χ0v) is 17.5. The molecule has 0 spiro atoms. The Kier molecular flexibility index (Phi) is 6.75. The number of sulfonamides is 1. The summed E-state index contributed by atoms with van der Waals surface area (Å²) in [5.74, 6) is -0.225. The number of hydrogen-bond acceptors (Lipinski definition) is 3. The Labute approximate surface area is 171 Å². The molecule has 1 amide bonds. The molecular formula is C21H25ClN2O3S. The molecular weight excluding hydrogens is 396 g/mol. The van der Waals surface area contributed by atoms with Crippen molar-refractivity contribution in [3.63, 3.8) is 0 Å². The Bertz CT molecular complexity index is 929. The van der Waals surface area contributed by atoms with Crippen molar-refractivity contribution in [2.45, 2.75) is 43.5 Å². The van der Waals surface area contributed by atoms with E-state index in [1.54, 1.807) is 16.4 Å². The zero-order valence-electron chi connectivity index (χ0n) is 15.9. The number of amides is 1. The largest absolute Gasteiger partial charge is 0.352 e. The van der Waals surface area contributed by atoms with E-state index in [0.29, 0.717) is 30.1 Å². The van der Waals surface area contributed by atoms with Gasteiger partial charge in [-0.2, -0.15) is 4.31 Å². The van der Waals surface area contributed by atoms with Crippen LogP contribution in [0.5, 0.6) is 0 Å². The number of piperidine rings is 1. The molecule has 1 atom stereocenters. The fraction of sp³-hybridized carbons (Fsp3) is 0.381. The maximum Gasteiger partial charge on any atom is 0.251 e. The summed E-state index contributed by atoms with van der Waals surface area (Å²) >= 11 is 5.96. The van der Waals surface area contributed by atoms with Crippen LogP contribution in [0, 0.1) is 0 Å². The molecule has 0 bridgehead atoms. The number of carbonyl (C=O) groups excluding carboxylic acids is 1. The Balaban J connectivity index is 1.61. The van der Waals surface area contributed by atoms with Crippen molar-refractivity contribution in [2.24, 2.45) is 0 Å². The van der Waals surface area contributed by atoms with Gasteiger partial charge in [-0.3, -0.25) is 4.79 Å². The molecule has 1 heterocycles. The minimum atomic E-state index is -3.52. The standard InChI is InChI=1S/C21H25ClN2O3S/c1-16-5-2-3-14-24(16)28(26,27)20-10-8-18(9-11-20)21(25)23-13-12-17-6-4-7-19(22)15-17/h4,6-11,15-16H,2-3,5,12-14H2,1H3,(H,23,25). The molecule has 0 aliphatic carbocycles. The predicted octanol–water partition coefficient (Wildman–Crippen LogP) is 3.88. The second-order valence-corrected chi connectivity index (χ2v) is 9.45. The number of carbonyl (C=O) groups is 1. The smallest absolute Gasteiger partial charge is 0.251 e. The Morgan fingerprint density at radius 2 is 1.93 bits per heavy atom. The van der Waals surface area contributed by atoms with Crippen molar-refractivity contribution >= 4 is 27.5 Å². The highest BCUT2D eigenvalue weighted by molar-refractivity contribution is 7.89. The van der Waals surface area contributed by atoms with Gasteiger partial charge in [0.25, 0.3) is 5.91 Å². The highest BCUT2D eigenvalue weighted by Gasteiger charge is 2.30. The van der Waals surface area contributed by atoms with Crippen LogP contribution >= 0.6 is 11.6 Å². The van der Waals surface area contributed by atoms with Crippen molar-refractivity contribution in [3.8, 4) is 0 Å². The molecule has 1 unspecified atom stereocenters. The number of hydrogen-bond donors (Lipinski definition) is 1. The van der Waals surface area contributed by atoms with Crippen LogP contribution < -0.4 is 5.32 Å². The summed E-state index contributed by atoms with van der Waals surface area (Å²) < 4.78 is 27.3. The lowest BCUT2D eigenvalue weighted by Crippen LogP contribution is -2.41. The number of rotatable bonds is 6. The number of halogens is 1. The second kappa shape index (κ2) is 9.07. The highest BCUT2D eigenvalue weighted by atomic mass is 35.5. The Morgan fingerprint density at radius 3 is 2.61 bits per heavy atom. The molecule has 1 fully saturated rings. The van der Waals surface area contributed by atoms with Gasteiger partial charge >= 0.3 is 0 Å². The molecule has 2 aromatic rings. The lowest BCUT2D eigenvalue weighted by Gasteiger charge is -2.32. The van der Waals surface area contributed by atoms with Crippen LogP contribution in [0.15, 0.2) is 53.4 Å². The van der Waals surface area contributed by atoms with Gasteiger partial charge in [0, 0.05) is 29.7 Å². The minimum Gasteiger partial charge on any atom is -0.352 e.